The molecule has 0 aliphatic heterocycles. The second kappa shape index (κ2) is 13.7. The predicted molar refractivity (Wildman–Crippen MR) is 146 cm³/mol. The van der Waals surface area contributed by atoms with Crippen LogP contribution < -0.4 is 4.74 Å². The van der Waals surface area contributed by atoms with Gasteiger partial charge in [-0.25, -0.2) is 0 Å². The van der Waals surface area contributed by atoms with E-state index in [4.69, 9.17) is 4.74 Å². The number of benzene rings is 1. The highest BCUT2D eigenvalue weighted by molar-refractivity contribution is 5.32. The number of hydrogen-bond donors (Lipinski definition) is 0. The van der Waals surface area contributed by atoms with Crippen LogP contribution in [0.4, 0.5) is 0 Å². The largest absolute Gasteiger partial charge is 0.493 e. The average Bonchev–Trinajstić information content (AvgIpc) is 2.89. The molecule has 0 aromatic heterocycles. The second-order valence-electron chi connectivity index (χ2n) is 12.1. The van der Waals surface area contributed by atoms with E-state index in [0.29, 0.717) is 5.92 Å². The van der Waals surface area contributed by atoms with Crippen LogP contribution in [-0.4, -0.2) is 6.61 Å². The molecule has 0 amide bonds. The fraction of sp³-hybridized carbons (Fsp3) is 0.758. The summed E-state index contributed by atoms with van der Waals surface area (Å²) in [5.74, 6) is 6.22. The first-order chi connectivity index (χ1) is 16.7. The van der Waals surface area contributed by atoms with Crippen LogP contribution in [0.3, 0.4) is 0 Å². The molecule has 1 nitrogen and oxygen atoms in total. The van der Waals surface area contributed by atoms with Crippen LogP contribution in [0.15, 0.2) is 36.4 Å². The normalized spacial score (nSPS) is 31.9. The average molecular weight is 465 g/mol. The van der Waals surface area contributed by atoms with Gasteiger partial charge < -0.3 is 4.74 Å². The van der Waals surface area contributed by atoms with Crippen molar-refractivity contribution < 1.29 is 4.74 Å². The van der Waals surface area contributed by atoms with Crippen molar-refractivity contribution in [3.05, 3.63) is 42.0 Å². The number of ether oxygens (including phenoxy) is 1. The number of allylic oxidation sites excluding steroid dienone is 2. The molecule has 2 fully saturated rings. The van der Waals surface area contributed by atoms with E-state index >= 15 is 0 Å². The van der Waals surface area contributed by atoms with E-state index in [1.807, 2.05) is 0 Å². The maximum atomic E-state index is 6.20. The Morgan fingerprint density at radius 2 is 1.32 bits per heavy atom. The van der Waals surface area contributed by atoms with Gasteiger partial charge in [0.25, 0.3) is 0 Å². The summed E-state index contributed by atoms with van der Waals surface area (Å²) in [6.45, 7) is 5.55. The summed E-state index contributed by atoms with van der Waals surface area (Å²) < 4.78 is 6.20. The van der Waals surface area contributed by atoms with Gasteiger partial charge in [-0.15, -0.1) is 0 Å². The van der Waals surface area contributed by atoms with Crippen LogP contribution in [0.25, 0.3) is 0 Å². The number of unbranched alkanes of at least 4 members (excludes halogenated alkanes) is 2. The Balaban J connectivity index is 1.17. The van der Waals surface area contributed by atoms with Gasteiger partial charge in [0.05, 0.1) is 6.61 Å². The maximum Gasteiger partial charge on any atom is 0.119 e. The summed E-state index contributed by atoms with van der Waals surface area (Å²) in [6.07, 6.45) is 27.8. The van der Waals surface area contributed by atoms with E-state index < -0.39 is 0 Å². The molecule has 0 heterocycles. The first-order valence-corrected chi connectivity index (χ1v) is 15.2. The van der Waals surface area contributed by atoms with Gasteiger partial charge in [0, 0.05) is 5.92 Å². The molecule has 2 unspecified atom stereocenters. The zero-order valence-electron chi connectivity index (χ0n) is 22.4. The molecule has 4 rings (SSSR count). The van der Waals surface area contributed by atoms with Crippen LogP contribution in [0.2, 0.25) is 0 Å². The minimum absolute atomic E-state index is 0.601. The zero-order chi connectivity index (χ0) is 23.6. The SMILES string of the molecule is CCCCCC1CCC(C2C=CC(c3ccc(OCC4CCC(CCC)CC4)cc3)CC2)CC1. The van der Waals surface area contributed by atoms with E-state index in [-0.39, 0.29) is 0 Å². The molecular weight excluding hydrogens is 412 g/mol. The Bertz CT molecular complexity index is 703. The summed E-state index contributed by atoms with van der Waals surface area (Å²) in [5, 5.41) is 0. The minimum Gasteiger partial charge on any atom is -0.493 e. The molecule has 190 valence electrons. The molecule has 2 saturated carbocycles. The van der Waals surface area contributed by atoms with Gasteiger partial charge in [-0.05, 0) is 85.8 Å². The summed E-state index contributed by atoms with van der Waals surface area (Å²) in [5.41, 5.74) is 1.47. The van der Waals surface area contributed by atoms with Gasteiger partial charge in [-0.2, -0.15) is 0 Å². The Morgan fingerprint density at radius 1 is 0.647 bits per heavy atom. The highest BCUT2D eigenvalue weighted by Crippen LogP contribution is 2.41. The smallest absolute Gasteiger partial charge is 0.119 e. The van der Waals surface area contributed by atoms with Crippen molar-refractivity contribution in [2.75, 3.05) is 6.61 Å². The fourth-order valence-electron chi connectivity index (χ4n) is 7.22. The molecule has 1 aromatic carbocycles. The lowest BCUT2D eigenvalue weighted by atomic mass is 9.70. The lowest BCUT2D eigenvalue weighted by Crippen LogP contribution is -2.23. The van der Waals surface area contributed by atoms with Crippen molar-refractivity contribution in [1.29, 1.82) is 0 Å². The lowest BCUT2D eigenvalue weighted by molar-refractivity contribution is 0.178. The fourth-order valence-corrected chi connectivity index (χ4v) is 7.22. The Morgan fingerprint density at radius 3 is 1.97 bits per heavy atom. The van der Waals surface area contributed by atoms with Crippen LogP contribution in [-0.2, 0) is 0 Å². The molecule has 0 saturated heterocycles. The van der Waals surface area contributed by atoms with Crippen molar-refractivity contribution in [2.24, 2.45) is 29.6 Å². The Labute approximate surface area is 211 Å². The zero-order valence-corrected chi connectivity index (χ0v) is 22.4. The summed E-state index contributed by atoms with van der Waals surface area (Å²) in [6, 6.07) is 9.09. The molecule has 0 N–H and O–H groups in total. The first kappa shape index (κ1) is 25.8. The first-order valence-electron chi connectivity index (χ1n) is 15.2. The predicted octanol–water partition coefficient (Wildman–Crippen LogP) is 10.1. The molecule has 1 aromatic rings. The van der Waals surface area contributed by atoms with Gasteiger partial charge in [0.1, 0.15) is 5.75 Å². The van der Waals surface area contributed by atoms with Gasteiger partial charge in [0.2, 0.25) is 0 Å². The van der Waals surface area contributed by atoms with Crippen LogP contribution in [0.1, 0.15) is 128 Å². The molecule has 1 heteroatoms. The lowest BCUT2D eigenvalue weighted by Gasteiger charge is -2.35. The van der Waals surface area contributed by atoms with Crippen molar-refractivity contribution in [2.45, 2.75) is 122 Å². The molecule has 2 atom stereocenters. The van der Waals surface area contributed by atoms with Gasteiger partial charge in [-0.1, -0.05) is 102 Å². The Hall–Kier alpha value is -1.24. The van der Waals surface area contributed by atoms with Gasteiger partial charge >= 0.3 is 0 Å². The van der Waals surface area contributed by atoms with Crippen LogP contribution in [0.5, 0.6) is 5.75 Å². The maximum absolute atomic E-state index is 6.20. The minimum atomic E-state index is 0.601. The second-order valence-corrected chi connectivity index (χ2v) is 12.1. The van der Waals surface area contributed by atoms with Crippen LogP contribution in [0, 0.1) is 29.6 Å². The van der Waals surface area contributed by atoms with Crippen molar-refractivity contribution >= 4 is 0 Å². The highest BCUT2D eigenvalue weighted by atomic mass is 16.5. The summed E-state index contributed by atoms with van der Waals surface area (Å²) in [4.78, 5) is 0. The third kappa shape index (κ3) is 7.63. The monoisotopic (exact) mass is 464 g/mol. The molecule has 0 bridgehead atoms. The number of rotatable bonds is 11. The van der Waals surface area contributed by atoms with E-state index in [2.05, 4.69) is 50.3 Å². The van der Waals surface area contributed by atoms with Crippen molar-refractivity contribution in [1.82, 2.24) is 0 Å². The van der Waals surface area contributed by atoms with E-state index in [1.165, 1.54) is 108 Å². The van der Waals surface area contributed by atoms with Crippen molar-refractivity contribution in [3.8, 4) is 5.75 Å². The molecule has 3 aliphatic rings. The van der Waals surface area contributed by atoms with E-state index in [0.717, 1.165) is 41.9 Å². The van der Waals surface area contributed by atoms with Crippen LogP contribution >= 0.6 is 0 Å². The molecule has 0 spiro atoms. The third-order valence-electron chi connectivity index (χ3n) is 9.57. The molecule has 0 radical (unpaired) electrons. The topological polar surface area (TPSA) is 9.23 Å². The van der Waals surface area contributed by atoms with Gasteiger partial charge in [0.15, 0.2) is 0 Å². The quantitative estimate of drug-likeness (QED) is 0.234. The van der Waals surface area contributed by atoms with E-state index in [1.54, 1.807) is 0 Å². The molecule has 34 heavy (non-hydrogen) atoms. The van der Waals surface area contributed by atoms with E-state index in [9.17, 15) is 0 Å². The van der Waals surface area contributed by atoms with Gasteiger partial charge in [-0.3, -0.25) is 0 Å². The van der Waals surface area contributed by atoms with Crippen molar-refractivity contribution in [3.63, 3.8) is 0 Å². The number of hydrogen-bond acceptors (Lipinski definition) is 1. The Kier molecular flexibility index (Phi) is 10.4. The highest BCUT2D eigenvalue weighted by Gasteiger charge is 2.28. The standard InChI is InChI=1S/C33H52O/c1-3-5-6-8-27-13-15-29(16-14-27)30-17-19-31(20-18-30)32-21-23-33(24-22-32)34-25-28-11-9-26(7-4-2)10-12-28/h17,19,21-24,26-31H,3-16,18,20,25H2,1-2H3. The molecule has 3 aliphatic carbocycles. The summed E-state index contributed by atoms with van der Waals surface area (Å²) in [7, 11) is 0. The summed E-state index contributed by atoms with van der Waals surface area (Å²) >= 11 is 0. The third-order valence-corrected chi connectivity index (χ3v) is 9.57. The molecular formula is C33H52O.